The van der Waals surface area contributed by atoms with Crippen LogP contribution in [0.25, 0.3) is 0 Å². The van der Waals surface area contributed by atoms with Gasteiger partial charge in [-0.15, -0.1) is 11.8 Å². The molecule has 24 heavy (non-hydrogen) atoms. The van der Waals surface area contributed by atoms with Crippen molar-refractivity contribution in [2.24, 2.45) is 11.8 Å². The van der Waals surface area contributed by atoms with Crippen LogP contribution in [0.5, 0.6) is 0 Å². The number of likely N-dealkylation sites (tertiary alicyclic amines) is 1. The molecule has 1 aliphatic carbocycles. The Labute approximate surface area is 146 Å². The Bertz CT molecular complexity index is 508. The number of rotatable bonds is 9. The molecule has 7 nitrogen and oxygen atoms in total. The van der Waals surface area contributed by atoms with Gasteiger partial charge in [0, 0.05) is 32.0 Å². The maximum atomic E-state index is 11.7. The summed E-state index contributed by atoms with van der Waals surface area (Å²) < 4.78 is 0. The number of nitrogens with one attached hydrogen (secondary N) is 2. The van der Waals surface area contributed by atoms with Gasteiger partial charge in [-0.25, -0.2) is 0 Å². The molecule has 8 heteroatoms. The Hall–Kier alpha value is -1.57. The highest BCUT2D eigenvalue weighted by Crippen LogP contribution is 2.25. The fourth-order valence-electron chi connectivity index (χ4n) is 2.68. The van der Waals surface area contributed by atoms with Gasteiger partial charge in [0.2, 0.25) is 23.6 Å². The van der Waals surface area contributed by atoms with Gasteiger partial charge in [0.15, 0.2) is 0 Å². The summed E-state index contributed by atoms with van der Waals surface area (Å²) in [6.07, 6.45) is 3.88. The fourth-order valence-corrected chi connectivity index (χ4v) is 3.36. The van der Waals surface area contributed by atoms with Crippen LogP contribution in [0.3, 0.4) is 0 Å². The Balaban J connectivity index is 1.51. The molecule has 1 saturated carbocycles. The standard InChI is InChI=1S/C16H25N3O4S/c1-11-7-15(22)19(16(11)23)6-5-17-13(20)9-24-10-14(21)18-8-12-3-2-4-12/h11-12H,2-10H2,1H3,(H,17,20)(H,18,21)/t11-/m1/s1. The Morgan fingerprint density at radius 3 is 2.38 bits per heavy atom. The molecular weight excluding hydrogens is 330 g/mol. The molecule has 0 unspecified atom stereocenters. The van der Waals surface area contributed by atoms with Crippen LogP contribution in [0, 0.1) is 11.8 Å². The summed E-state index contributed by atoms with van der Waals surface area (Å²) in [7, 11) is 0. The molecule has 4 amide bonds. The lowest BCUT2D eigenvalue weighted by molar-refractivity contribution is -0.139. The van der Waals surface area contributed by atoms with E-state index in [4.69, 9.17) is 0 Å². The lowest BCUT2D eigenvalue weighted by Crippen LogP contribution is -2.39. The van der Waals surface area contributed by atoms with Crippen LogP contribution in [0.4, 0.5) is 0 Å². The van der Waals surface area contributed by atoms with E-state index in [-0.39, 0.29) is 60.6 Å². The predicted octanol–water partition coefficient (Wildman–Crippen LogP) is 0.147. The number of thioether (sulfide) groups is 1. The van der Waals surface area contributed by atoms with Crippen LogP contribution in [0.15, 0.2) is 0 Å². The van der Waals surface area contributed by atoms with E-state index in [1.807, 2.05) is 0 Å². The summed E-state index contributed by atoms with van der Waals surface area (Å²) in [5, 5.41) is 5.55. The third kappa shape index (κ3) is 5.51. The van der Waals surface area contributed by atoms with Gasteiger partial charge >= 0.3 is 0 Å². The molecule has 1 aliphatic heterocycles. The van der Waals surface area contributed by atoms with Crippen molar-refractivity contribution in [2.45, 2.75) is 32.6 Å². The molecule has 1 saturated heterocycles. The first-order valence-electron chi connectivity index (χ1n) is 8.42. The molecule has 134 valence electrons. The number of carbonyl (C=O) groups is 4. The third-order valence-corrected chi connectivity index (χ3v) is 5.34. The van der Waals surface area contributed by atoms with Crippen molar-refractivity contribution < 1.29 is 19.2 Å². The van der Waals surface area contributed by atoms with Crippen molar-refractivity contribution in [3.63, 3.8) is 0 Å². The molecule has 2 N–H and O–H groups in total. The Morgan fingerprint density at radius 1 is 1.17 bits per heavy atom. The summed E-state index contributed by atoms with van der Waals surface area (Å²) in [6, 6.07) is 0. The molecule has 2 aliphatic rings. The number of hydrogen-bond donors (Lipinski definition) is 2. The molecule has 0 aromatic rings. The second kappa shape index (κ2) is 9.05. The molecule has 0 aromatic carbocycles. The lowest BCUT2D eigenvalue weighted by Gasteiger charge is -2.25. The molecule has 1 atom stereocenters. The monoisotopic (exact) mass is 355 g/mol. The minimum atomic E-state index is -0.262. The molecule has 0 aromatic heterocycles. The van der Waals surface area contributed by atoms with Gasteiger partial charge in [0.05, 0.1) is 11.5 Å². The van der Waals surface area contributed by atoms with E-state index in [1.165, 1.54) is 35.9 Å². The summed E-state index contributed by atoms with van der Waals surface area (Å²) in [5.74, 6) is 0.227. The van der Waals surface area contributed by atoms with Gasteiger partial charge in [0.1, 0.15) is 0 Å². The van der Waals surface area contributed by atoms with Crippen LogP contribution < -0.4 is 10.6 Å². The maximum Gasteiger partial charge on any atom is 0.232 e. The highest BCUT2D eigenvalue weighted by atomic mass is 32.2. The summed E-state index contributed by atoms with van der Waals surface area (Å²) in [6.45, 7) is 2.92. The average Bonchev–Trinajstić information content (AvgIpc) is 2.72. The minimum Gasteiger partial charge on any atom is -0.355 e. The van der Waals surface area contributed by atoms with E-state index in [0.717, 1.165) is 6.54 Å². The van der Waals surface area contributed by atoms with Crippen molar-refractivity contribution in [1.82, 2.24) is 15.5 Å². The zero-order valence-electron chi connectivity index (χ0n) is 14.0. The van der Waals surface area contributed by atoms with Crippen molar-refractivity contribution in [1.29, 1.82) is 0 Å². The smallest absolute Gasteiger partial charge is 0.232 e. The van der Waals surface area contributed by atoms with Crippen molar-refractivity contribution >= 4 is 35.4 Å². The van der Waals surface area contributed by atoms with E-state index in [1.54, 1.807) is 6.92 Å². The molecular formula is C16H25N3O4S. The average molecular weight is 355 g/mol. The van der Waals surface area contributed by atoms with Crippen LogP contribution in [-0.4, -0.2) is 59.7 Å². The maximum absolute atomic E-state index is 11.7. The summed E-state index contributed by atoms with van der Waals surface area (Å²) in [5.41, 5.74) is 0. The zero-order chi connectivity index (χ0) is 17.5. The van der Waals surface area contributed by atoms with Gasteiger partial charge in [-0.05, 0) is 18.8 Å². The zero-order valence-corrected chi connectivity index (χ0v) is 14.8. The van der Waals surface area contributed by atoms with Gasteiger partial charge in [-0.1, -0.05) is 13.3 Å². The van der Waals surface area contributed by atoms with Crippen LogP contribution in [-0.2, 0) is 19.2 Å². The fraction of sp³-hybridized carbons (Fsp3) is 0.750. The van der Waals surface area contributed by atoms with Crippen molar-refractivity contribution in [3.05, 3.63) is 0 Å². The summed E-state index contributed by atoms with van der Waals surface area (Å²) in [4.78, 5) is 47.8. The molecule has 0 radical (unpaired) electrons. The van der Waals surface area contributed by atoms with Gasteiger partial charge in [-0.2, -0.15) is 0 Å². The van der Waals surface area contributed by atoms with Gasteiger partial charge < -0.3 is 10.6 Å². The van der Waals surface area contributed by atoms with E-state index < -0.39 is 0 Å². The topological polar surface area (TPSA) is 95.6 Å². The van der Waals surface area contributed by atoms with Gasteiger partial charge in [0.25, 0.3) is 0 Å². The number of nitrogens with zero attached hydrogens (tertiary/aromatic N) is 1. The summed E-state index contributed by atoms with van der Waals surface area (Å²) >= 11 is 1.26. The molecule has 0 spiro atoms. The highest BCUT2D eigenvalue weighted by Gasteiger charge is 2.34. The molecule has 0 bridgehead atoms. The first-order valence-corrected chi connectivity index (χ1v) is 9.58. The Morgan fingerprint density at radius 2 is 1.83 bits per heavy atom. The predicted molar refractivity (Wildman–Crippen MR) is 91.2 cm³/mol. The van der Waals surface area contributed by atoms with Crippen LogP contribution in [0.2, 0.25) is 0 Å². The van der Waals surface area contributed by atoms with Crippen LogP contribution in [0.1, 0.15) is 32.6 Å². The second-order valence-corrected chi connectivity index (χ2v) is 7.42. The quantitative estimate of drug-likeness (QED) is 0.574. The largest absolute Gasteiger partial charge is 0.355 e. The van der Waals surface area contributed by atoms with Gasteiger partial charge in [-0.3, -0.25) is 24.1 Å². The first kappa shape index (κ1) is 18.8. The van der Waals surface area contributed by atoms with E-state index >= 15 is 0 Å². The lowest BCUT2D eigenvalue weighted by atomic mass is 9.85. The van der Waals surface area contributed by atoms with E-state index in [9.17, 15) is 19.2 Å². The number of amides is 4. The number of carbonyl (C=O) groups excluding carboxylic acids is 4. The molecule has 2 fully saturated rings. The second-order valence-electron chi connectivity index (χ2n) is 6.43. The molecule has 1 heterocycles. The molecule has 2 rings (SSSR count). The third-order valence-electron chi connectivity index (χ3n) is 4.41. The number of hydrogen-bond acceptors (Lipinski definition) is 5. The van der Waals surface area contributed by atoms with Crippen molar-refractivity contribution in [2.75, 3.05) is 31.1 Å². The normalized spacial score (nSPS) is 20.9. The SMILES string of the molecule is C[C@@H]1CC(=O)N(CCNC(=O)CSCC(=O)NCC2CCC2)C1=O. The minimum absolute atomic E-state index is 0.0399. The highest BCUT2D eigenvalue weighted by molar-refractivity contribution is 8.00. The number of imide groups is 1. The van der Waals surface area contributed by atoms with E-state index in [0.29, 0.717) is 5.92 Å². The first-order chi connectivity index (χ1) is 11.5. The van der Waals surface area contributed by atoms with E-state index in [2.05, 4.69) is 10.6 Å². The van der Waals surface area contributed by atoms with Crippen molar-refractivity contribution in [3.8, 4) is 0 Å². The van der Waals surface area contributed by atoms with Crippen LogP contribution >= 0.6 is 11.8 Å². The Kier molecular flexibility index (Phi) is 7.08.